The van der Waals surface area contributed by atoms with E-state index in [1.54, 1.807) is 37.5 Å². The molecule has 0 aliphatic carbocycles. The number of hydrogen-bond acceptors (Lipinski definition) is 5. The Kier molecular flexibility index (Phi) is 6.01. The standard InChI is InChI=1S/C17H18N4O3/c1-12(8-16(23)19-11-13-4-3-7-18-10-13)20-21-17(24)14-5-2-6-15(22)9-14/h2-7,9-10,22H,8,11H2,1H3,(H,19,23)(H,21,24)/b20-12+. The molecule has 2 rings (SSSR count). The van der Waals surface area contributed by atoms with E-state index in [0.29, 0.717) is 12.3 Å². The van der Waals surface area contributed by atoms with E-state index in [0.717, 1.165) is 5.56 Å². The Hall–Kier alpha value is -3.22. The molecule has 0 saturated heterocycles. The summed E-state index contributed by atoms with van der Waals surface area (Å²) in [7, 11) is 0. The predicted octanol–water partition coefficient (Wildman–Crippen LogP) is 1.60. The molecule has 7 heteroatoms. The fourth-order valence-corrected chi connectivity index (χ4v) is 1.90. The van der Waals surface area contributed by atoms with Crippen LogP contribution in [0.1, 0.15) is 29.3 Å². The number of hydrazone groups is 1. The molecule has 0 aliphatic rings. The van der Waals surface area contributed by atoms with Gasteiger partial charge in [0.2, 0.25) is 5.91 Å². The molecule has 24 heavy (non-hydrogen) atoms. The number of nitrogens with zero attached hydrogens (tertiary/aromatic N) is 2. The summed E-state index contributed by atoms with van der Waals surface area (Å²) in [5, 5.41) is 16.0. The average molecular weight is 326 g/mol. The number of phenols is 1. The van der Waals surface area contributed by atoms with Gasteiger partial charge < -0.3 is 10.4 Å². The van der Waals surface area contributed by atoms with Gasteiger partial charge in [0.25, 0.3) is 5.91 Å². The van der Waals surface area contributed by atoms with Crippen LogP contribution in [-0.4, -0.2) is 27.6 Å². The van der Waals surface area contributed by atoms with Gasteiger partial charge in [0.1, 0.15) is 5.75 Å². The summed E-state index contributed by atoms with van der Waals surface area (Å²) in [6.45, 7) is 2.03. The molecule has 0 bridgehead atoms. The Balaban J connectivity index is 1.80. The van der Waals surface area contributed by atoms with Gasteiger partial charge in [-0.15, -0.1) is 0 Å². The lowest BCUT2D eigenvalue weighted by Gasteiger charge is -2.05. The third-order valence-corrected chi connectivity index (χ3v) is 3.09. The minimum absolute atomic E-state index is 0.00173. The van der Waals surface area contributed by atoms with Crippen molar-refractivity contribution in [2.45, 2.75) is 19.9 Å². The SMILES string of the molecule is C/C(CC(=O)NCc1cccnc1)=N\NC(=O)c1cccc(O)c1. The van der Waals surface area contributed by atoms with Crippen LogP contribution in [0.2, 0.25) is 0 Å². The summed E-state index contributed by atoms with van der Waals surface area (Å²) in [5.74, 6) is -0.661. The van der Waals surface area contributed by atoms with Crippen LogP contribution in [0.4, 0.5) is 0 Å². The van der Waals surface area contributed by atoms with E-state index >= 15 is 0 Å². The number of hydrogen-bond donors (Lipinski definition) is 3. The molecule has 0 unspecified atom stereocenters. The molecular weight excluding hydrogens is 308 g/mol. The maximum Gasteiger partial charge on any atom is 0.271 e. The first kappa shape index (κ1) is 17.1. The molecule has 1 aromatic heterocycles. The van der Waals surface area contributed by atoms with Gasteiger partial charge >= 0.3 is 0 Å². The lowest BCUT2D eigenvalue weighted by atomic mass is 10.2. The number of aromatic nitrogens is 1. The largest absolute Gasteiger partial charge is 0.508 e. The van der Waals surface area contributed by atoms with Gasteiger partial charge in [-0.1, -0.05) is 12.1 Å². The third-order valence-electron chi connectivity index (χ3n) is 3.09. The van der Waals surface area contributed by atoms with Gasteiger partial charge in [0, 0.05) is 30.2 Å². The number of amides is 2. The number of rotatable bonds is 6. The average Bonchev–Trinajstić information content (AvgIpc) is 2.59. The highest BCUT2D eigenvalue weighted by molar-refractivity contribution is 6.01. The number of carbonyl (C=O) groups excluding carboxylic acids is 2. The second kappa shape index (κ2) is 8.42. The molecule has 3 N–H and O–H groups in total. The zero-order valence-corrected chi connectivity index (χ0v) is 13.2. The van der Waals surface area contributed by atoms with Crippen molar-refractivity contribution in [2.24, 2.45) is 5.10 Å². The minimum atomic E-state index is -0.457. The van der Waals surface area contributed by atoms with Crippen molar-refractivity contribution in [3.8, 4) is 5.75 Å². The maximum atomic E-state index is 11.9. The van der Waals surface area contributed by atoms with Crippen molar-refractivity contribution >= 4 is 17.5 Å². The monoisotopic (exact) mass is 326 g/mol. The summed E-state index contributed by atoms with van der Waals surface area (Å²) >= 11 is 0. The van der Waals surface area contributed by atoms with E-state index < -0.39 is 5.91 Å². The van der Waals surface area contributed by atoms with Crippen LogP contribution < -0.4 is 10.7 Å². The number of nitrogens with one attached hydrogen (secondary N) is 2. The van der Waals surface area contributed by atoms with E-state index in [-0.39, 0.29) is 23.6 Å². The van der Waals surface area contributed by atoms with Crippen molar-refractivity contribution in [2.75, 3.05) is 0 Å². The molecule has 124 valence electrons. The number of pyridine rings is 1. The first-order chi connectivity index (χ1) is 11.5. The Bertz CT molecular complexity index is 745. The maximum absolute atomic E-state index is 11.9. The fourth-order valence-electron chi connectivity index (χ4n) is 1.90. The topological polar surface area (TPSA) is 104 Å². The van der Waals surface area contributed by atoms with Gasteiger partial charge in [-0.25, -0.2) is 5.43 Å². The van der Waals surface area contributed by atoms with Gasteiger partial charge in [0.15, 0.2) is 0 Å². The molecule has 0 radical (unpaired) electrons. The molecule has 2 amide bonds. The van der Waals surface area contributed by atoms with Crippen LogP contribution in [0.15, 0.2) is 53.9 Å². The summed E-state index contributed by atoms with van der Waals surface area (Å²) in [6.07, 6.45) is 3.41. The van der Waals surface area contributed by atoms with Gasteiger partial charge in [-0.3, -0.25) is 14.6 Å². The van der Waals surface area contributed by atoms with Crippen molar-refractivity contribution in [3.05, 3.63) is 59.9 Å². The first-order valence-electron chi connectivity index (χ1n) is 7.33. The summed E-state index contributed by atoms with van der Waals surface area (Å²) in [5.41, 5.74) is 4.00. The fraction of sp³-hybridized carbons (Fsp3) is 0.176. The summed E-state index contributed by atoms with van der Waals surface area (Å²) in [4.78, 5) is 27.7. The number of aromatic hydroxyl groups is 1. The lowest BCUT2D eigenvalue weighted by Crippen LogP contribution is -2.26. The Morgan fingerprint density at radius 3 is 2.79 bits per heavy atom. The highest BCUT2D eigenvalue weighted by atomic mass is 16.3. The Morgan fingerprint density at radius 1 is 1.25 bits per heavy atom. The molecule has 1 aromatic carbocycles. The van der Waals surface area contributed by atoms with Gasteiger partial charge in [-0.05, 0) is 36.8 Å². The van der Waals surface area contributed by atoms with Gasteiger partial charge in [-0.2, -0.15) is 5.10 Å². The van der Waals surface area contributed by atoms with E-state index in [4.69, 9.17) is 0 Å². The quantitative estimate of drug-likeness (QED) is 0.554. The van der Waals surface area contributed by atoms with Crippen LogP contribution in [0.3, 0.4) is 0 Å². The molecule has 7 nitrogen and oxygen atoms in total. The second-order valence-electron chi connectivity index (χ2n) is 5.15. The van der Waals surface area contributed by atoms with Crippen LogP contribution >= 0.6 is 0 Å². The number of benzene rings is 1. The molecular formula is C17H18N4O3. The van der Waals surface area contributed by atoms with Crippen LogP contribution in [0, 0.1) is 0 Å². The van der Waals surface area contributed by atoms with Crippen molar-refractivity contribution in [1.82, 2.24) is 15.7 Å². The van der Waals surface area contributed by atoms with Crippen LogP contribution in [0.25, 0.3) is 0 Å². The molecule has 0 atom stereocenters. The highest BCUT2D eigenvalue weighted by Crippen LogP contribution is 2.10. The third kappa shape index (κ3) is 5.53. The van der Waals surface area contributed by atoms with Crippen LogP contribution in [0.5, 0.6) is 5.75 Å². The summed E-state index contributed by atoms with van der Waals surface area (Å²) < 4.78 is 0. The highest BCUT2D eigenvalue weighted by Gasteiger charge is 2.07. The molecule has 1 heterocycles. The first-order valence-corrected chi connectivity index (χ1v) is 7.33. The minimum Gasteiger partial charge on any atom is -0.508 e. The molecule has 0 spiro atoms. The van der Waals surface area contributed by atoms with E-state index in [1.165, 1.54) is 12.1 Å². The molecule has 2 aromatic rings. The number of phenolic OH excluding ortho intramolecular Hbond substituents is 1. The van der Waals surface area contributed by atoms with E-state index in [1.807, 2.05) is 6.07 Å². The Morgan fingerprint density at radius 2 is 2.08 bits per heavy atom. The van der Waals surface area contributed by atoms with Crippen molar-refractivity contribution in [1.29, 1.82) is 0 Å². The van der Waals surface area contributed by atoms with Crippen molar-refractivity contribution in [3.63, 3.8) is 0 Å². The zero-order valence-electron chi connectivity index (χ0n) is 13.2. The second-order valence-corrected chi connectivity index (χ2v) is 5.15. The lowest BCUT2D eigenvalue weighted by molar-refractivity contribution is -0.120. The van der Waals surface area contributed by atoms with Crippen LogP contribution in [-0.2, 0) is 11.3 Å². The predicted molar refractivity (Wildman–Crippen MR) is 89.4 cm³/mol. The smallest absolute Gasteiger partial charge is 0.271 e. The van der Waals surface area contributed by atoms with Gasteiger partial charge in [0.05, 0.1) is 6.42 Å². The van der Waals surface area contributed by atoms with Crippen molar-refractivity contribution < 1.29 is 14.7 Å². The zero-order chi connectivity index (χ0) is 17.4. The number of carbonyl (C=O) groups is 2. The van der Waals surface area contributed by atoms with E-state index in [2.05, 4.69) is 20.8 Å². The molecule has 0 fully saturated rings. The molecule has 0 aliphatic heterocycles. The molecule has 0 saturated carbocycles. The summed E-state index contributed by atoms with van der Waals surface area (Å²) in [6, 6.07) is 9.58. The Labute approximate surface area is 139 Å². The normalized spacial score (nSPS) is 11.0. The van der Waals surface area contributed by atoms with E-state index in [9.17, 15) is 14.7 Å².